The first-order chi connectivity index (χ1) is 11.4. The molecule has 0 saturated heterocycles. The molecule has 0 atom stereocenters. The highest BCUT2D eigenvalue weighted by atomic mass is 32.2. The summed E-state index contributed by atoms with van der Waals surface area (Å²) >= 11 is 4.18. The minimum Gasteiger partial charge on any atom is -0.369 e. The van der Waals surface area contributed by atoms with E-state index in [2.05, 4.69) is 21.9 Å². The van der Waals surface area contributed by atoms with Crippen molar-refractivity contribution in [2.45, 2.75) is 23.1 Å². The molecule has 4 N–H and O–H groups in total. The average Bonchev–Trinajstić information content (AvgIpc) is 2.87. The Morgan fingerprint density at radius 3 is 2.62 bits per heavy atom. The number of fused-ring (bicyclic) bond motifs is 3. The maximum atomic E-state index is 11.2. The Bertz CT molecular complexity index is 807. The summed E-state index contributed by atoms with van der Waals surface area (Å²) in [5, 5.41) is 2.28. The second kappa shape index (κ2) is 7.26. The molecule has 2 amide bonds. The van der Waals surface area contributed by atoms with Crippen LogP contribution in [0, 0.1) is 0 Å². The molecule has 0 unspecified atom stereocenters. The molecule has 24 heavy (non-hydrogen) atoms. The number of rotatable bonds is 6. The van der Waals surface area contributed by atoms with Gasteiger partial charge in [0.05, 0.1) is 11.5 Å². The predicted octanol–water partition coefficient (Wildman–Crippen LogP) is 0.834. The number of nitrogens with two attached hydrogens (primary N) is 2. The lowest BCUT2D eigenvalue weighted by Crippen LogP contribution is -2.25. The number of hydrogen-bond donors (Lipinski definition) is 2. The first-order valence-corrected chi connectivity index (χ1v) is 10.1. The van der Waals surface area contributed by atoms with Crippen molar-refractivity contribution in [2.75, 3.05) is 25.1 Å². The van der Waals surface area contributed by atoms with E-state index < -0.39 is 5.91 Å². The van der Waals surface area contributed by atoms with Crippen molar-refractivity contribution in [3.63, 3.8) is 0 Å². The first kappa shape index (κ1) is 17.5. The monoisotopic (exact) mass is 383 g/mol. The van der Waals surface area contributed by atoms with Gasteiger partial charge in [-0.3, -0.25) is 9.59 Å². The molecule has 3 rings (SSSR count). The van der Waals surface area contributed by atoms with Crippen LogP contribution in [0.4, 0.5) is 0 Å². The van der Waals surface area contributed by atoms with Crippen molar-refractivity contribution in [1.29, 1.82) is 0 Å². The molecule has 2 aromatic rings. The van der Waals surface area contributed by atoms with Gasteiger partial charge in [-0.05, 0) is 19.0 Å². The van der Waals surface area contributed by atoms with Crippen molar-refractivity contribution in [2.24, 2.45) is 11.5 Å². The number of hydrogen-bond acceptors (Lipinski definition) is 8. The molecule has 0 fully saturated rings. The Labute approximate surface area is 151 Å². The van der Waals surface area contributed by atoms with E-state index in [1.54, 1.807) is 11.3 Å². The molecule has 1 aliphatic heterocycles. The van der Waals surface area contributed by atoms with Gasteiger partial charge in [0, 0.05) is 23.4 Å². The maximum absolute atomic E-state index is 11.2. The zero-order valence-corrected chi connectivity index (χ0v) is 15.5. The number of carbonyl (C=O) groups excluding carboxylic acids is 2. The highest BCUT2D eigenvalue weighted by Gasteiger charge is 2.23. The van der Waals surface area contributed by atoms with E-state index >= 15 is 0 Å². The fraction of sp³-hybridized carbons (Fsp3) is 0.429. The van der Waals surface area contributed by atoms with E-state index in [9.17, 15) is 9.59 Å². The molecule has 1 aliphatic rings. The highest BCUT2D eigenvalue weighted by Crippen LogP contribution is 2.39. The topological polar surface area (TPSA) is 115 Å². The zero-order chi connectivity index (χ0) is 17.3. The summed E-state index contributed by atoms with van der Waals surface area (Å²) in [4.78, 5) is 35.7. The van der Waals surface area contributed by atoms with Crippen LogP contribution in [0.5, 0.6) is 0 Å². The van der Waals surface area contributed by atoms with Crippen LogP contribution in [-0.4, -0.2) is 51.8 Å². The fourth-order valence-corrected chi connectivity index (χ4v) is 5.37. The minimum atomic E-state index is -0.415. The molecule has 2 aromatic heterocycles. The number of thioether (sulfide) groups is 2. The predicted molar refractivity (Wildman–Crippen MR) is 97.3 cm³/mol. The third-order valence-corrected chi connectivity index (χ3v) is 6.51. The quantitative estimate of drug-likeness (QED) is 0.431. The van der Waals surface area contributed by atoms with Gasteiger partial charge in [0.25, 0.3) is 0 Å². The second-order valence-electron chi connectivity index (χ2n) is 5.49. The van der Waals surface area contributed by atoms with Gasteiger partial charge in [-0.25, -0.2) is 9.97 Å². The molecule has 3 heterocycles. The van der Waals surface area contributed by atoms with E-state index in [1.165, 1.54) is 34.0 Å². The van der Waals surface area contributed by atoms with Crippen molar-refractivity contribution in [3.8, 4) is 0 Å². The summed E-state index contributed by atoms with van der Waals surface area (Å²) in [5.41, 5.74) is 11.7. The summed E-state index contributed by atoms with van der Waals surface area (Å²) in [6.45, 7) is 1.87. The Balaban J connectivity index is 2.04. The smallest absolute Gasteiger partial charge is 0.227 e. The Morgan fingerprint density at radius 2 is 1.92 bits per heavy atom. The van der Waals surface area contributed by atoms with Crippen LogP contribution in [0.3, 0.4) is 0 Å². The number of thiophene rings is 1. The summed E-state index contributed by atoms with van der Waals surface area (Å²) in [5.74, 6) is -0.514. The fourth-order valence-electron chi connectivity index (χ4n) is 2.51. The lowest BCUT2D eigenvalue weighted by Gasteiger charge is -2.22. The molecule has 0 aromatic carbocycles. The lowest BCUT2D eigenvalue weighted by molar-refractivity contribution is -0.116. The number of likely N-dealkylation sites (N-methyl/N-ethyl adjacent to an activating group) is 1. The van der Waals surface area contributed by atoms with Crippen LogP contribution in [0.15, 0.2) is 10.2 Å². The van der Waals surface area contributed by atoms with Crippen molar-refractivity contribution < 1.29 is 9.59 Å². The van der Waals surface area contributed by atoms with Gasteiger partial charge in [-0.2, -0.15) is 0 Å². The van der Waals surface area contributed by atoms with Gasteiger partial charge in [0.15, 0.2) is 5.16 Å². The minimum absolute atomic E-state index is 0.124. The van der Waals surface area contributed by atoms with Crippen molar-refractivity contribution in [3.05, 3.63) is 10.4 Å². The first-order valence-electron chi connectivity index (χ1n) is 7.27. The van der Waals surface area contributed by atoms with E-state index in [4.69, 9.17) is 11.5 Å². The molecule has 0 aliphatic carbocycles. The molecule has 0 bridgehead atoms. The SMILES string of the molecule is CN1CCc2c(sc3nc(SCC(N)=O)nc(SCC(N)=O)c23)C1. The molecule has 0 saturated carbocycles. The van der Waals surface area contributed by atoms with Crippen molar-refractivity contribution >= 4 is 56.9 Å². The van der Waals surface area contributed by atoms with Gasteiger partial charge in [-0.1, -0.05) is 23.5 Å². The van der Waals surface area contributed by atoms with Crippen LogP contribution < -0.4 is 11.5 Å². The third kappa shape index (κ3) is 3.82. The highest BCUT2D eigenvalue weighted by molar-refractivity contribution is 8.00. The van der Waals surface area contributed by atoms with Crippen LogP contribution in [0.2, 0.25) is 0 Å². The van der Waals surface area contributed by atoms with E-state index in [0.717, 1.165) is 34.8 Å². The number of amides is 2. The summed E-state index contributed by atoms with van der Waals surface area (Å²) in [6.07, 6.45) is 0.938. The van der Waals surface area contributed by atoms with E-state index in [0.29, 0.717) is 5.16 Å². The third-order valence-electron chi connectivity index (χ3n) is 3.53. The molecular formula is C14H17N5O2S3. The normalized spacial score (nSPS) is 14.7. The van der Waals surface area contributed by atoms with Crippen LogP contribution >= 0.6 is 34.9 Å². The molecular weight excluding hydrogens is 366 g/mol. The number of nitrogens with zero attached hydrogens (tertiary/aromatic N) is 3. The zero-order valence-electron chi connectivity index (χ0n) is 13.1. The largest absolute Gasteiger partial charge is 0.369 e. The molecule has 0 radical (unpaired) electrons. The lowest BCUT2D eigenvalue weighted by atomic mass is 10.1. The van der Waals surface area contributed by atoms with Gasteiger partial charge in [0.1, 0.15) is 9.86 Å². The summed E-state index contributed by atoms with van der Waals surface area (Å²) in [7, 11) is 2.09. The van der Waals surface area contributed by atoms with Gasteiger partial charge < -0.3 is 16.4 Å². The molecule has 128 valence electrons. The molecule has 0 spiro atoms. The summed E-state index contributed by atoms with van der Waals surface area (Å²) in [6, 6.07) is 0. The molecule has 7 nitrogen and oxygen atoms in total. The van der Waals surface area contributed by atoms with Crippen LogP contribution in [0.1, 0.15) is 10.4 Å². The van der Waals surface area contributed by atoms with E-state index in [1.807, 2.05) is 0 Å². The van der Waals surface area contributed by atoms with Crippen LogP contribution in [0.25, 0.3) is 10.2 Å². The number of primary amides is 2. The Hall–Kier alpha value is -1.36. The second-order valence-corrected chi connectivity index (χ2v) is 8.48. The molecule has 10 heteroatoms. The average molecular weight is 384 g/mol. The number of aromatic nitrogens is 2. The maximum Gasteiger partial charge on any atom is 0.227 e. The van der Waals surface area contributed by atoms with Gasteiger partial charge in [-0.15, -0.1) is 11.3 Å². The Morgan fingerprint density at radius 1 is 1.21 bits per heavy atom. The van der Waals surface area contributed by atoms with Crippen LogP contribution in [-0.2, 0) is 22.6 Å². The van der Waals surface area contributed by atoms with E-state index in [-0.39, 0.29) is 17.4 Å². The van der Waals surface area contributed by atoms with Crippen molar-refractivity contribution in [1.82, 2.24) is 14.9 Å². The Kier molecular flexibility index (Phi) is 5.28. The van der Waals surface area contributed by atoms with Gasteiger partial charge >= 0.3 is 0 Å². The van der Waals surface area contributed by atoms with Gasteiger partial charge in [0.2, 0.25) is 11.8 Å². The standard InChI is InChI=1S/C14H17N5O2S3/c1-19-3-2-7-8(4-19)24-13-11(7)12(22-5-9(15)20)17-14(18-13)23-6-10(16)21/h2-6H2,1H3,(H2,15,20)(H2,16,21). The summed E-state index contributed by atoms with van der Waals surface area (Å²) < 4.78 is 0. The number of carbonyl (C=O) groups is 2.